The molecule has 0 aliphatic carbocycles. The highest BCUT2D eigenvalue weighted by molar-refractivity contribution is 5.95. The number of ether oxygens (including phenoxy) is 1. The minimum Gasteiger partial charge on any atom is -0.461 e. The van der Waals surface area contributed by atoms with Gasteiger partial charge in [0.25, 0.3) is 0 Å². The van der Waals surface area contributed by atoms with Crippen molar-refractivity contribution >= 4 is 17.8 Å². The monoisotopic (exact) mass is 228 g/mol. The Balaban J connectivity index is 2.75. The van der Waals surface area contributed by atoms with Crippen LogP contribution in [0.5, 0.6) is 0 Å². The van der Waals surface area contributed by atoms with E-state index in [0.717, 1.165) is 5.01 Å². The van der Waals surface area contributed by atoms with Gasteiger partial charge in [0.1, 0.15) is 6.10 Å². The molecule has 0 unspecified atom stereocenters. The molecule has 1 heterocycles. The minimum atomic E-state index is -0.421. The first kappa shape index (κ1) is 12.6. The highest BCUT2D eigenvalue weighted by atomic mass is 16.5. The van der Waals surface area contributed by atoms with E-state index in [0.29, 0.717) is 0 Å². The standard InChI is InChI=1S/C10H16N2O4/c1-6(16-8(3)14)9-5-10(15)12(7(2)13)11(9)4/h6,9H,5H2,1-4H3/t6-,9+/m0/s1. The lowest BCUT2D eigenvalue weighted by Crippen LogP contribution is -2.46. The first-order chi connectivity index (χ1) is 7.34. The molecule has 0 aromatic heterocycles. The summed E-state index contributed by atoms with van der Waals surface area (Å²) in [7, 11) is 1.64. The van der Waals surface area contributed by atoms with Crippen molar-refractivity contribution in [2.24, 2.45) is 0 Å². The van der Waals surface area contributed by atoms with E-state index in [1.807, 2.05) is 0 Å². The lowest BCUT2D eigenvalue weighted by molar-refractivity contribution is -0.157. The van der Waals surface area contributed by atoms with Gasteiger partial charge in [0.2, 0.25) is 11.8 Å². The molecule has 90 valence electrons. The lowest BCUT2D eigenvalue weighted by Gasteiger charge is -2.28. The predicted molar refractivity (Wildman–Crippen MR) is 54.9 cm³/mol. The highest BCUT2D eigenvalue weighted by Crippen LogP contribution is 2.22. The number of rotatable bonds is 2. The number of carbonyl (C=O) groups excluding carboxylic acids is 3. The average molecular weight is 228 g/mol. The molecule has 1 rings (SSSR count). The van der Waals surface area contributed by atoms with Gasteiger partial charge >= 0.3 is 5.97 Å². The number of esters is 1. The number of carbonyl (C=O) groups is 3. The van der Waals surface area contributed by atoms with E-state index in [9.17, 15) is 14.4 Å². The van der Waals surface area contributed by atoms with Crippen molar-refractivity contribution in [1.82, 2.24) is 10.0 Å². The number of imide groups is 1. The van der Waals surface area contributed by atoms with Gasteiger partial charge in [-0.2, -0.15) is 0 Å². The second-order valence-corrected chi connectivity index (χ2v) is 3.88. The van der Waals surface area contributed by atoms with E-state index < -0.39 is 12.1 Å². The highest BCUT2D eigenvalue weighted by Gasteiger charge is 2.41. The van der Waals surface area contributed by atoms with Gasteiger partial charge in [-0.25, -0.2) is 10.0 Å². The van der Waals surface area contributed by atoms with Crippen molar-refractivity contribution in [1.29, 1.82) is 0 Å². The second kappa shape index (κ2) is 4.61. The molecule has 0 radical (unpaired) electrons. The molecular weight excluding hydrogens is 212 g/mol. The van der Waals surface area contributed by atoms with Gasteiger partial charge in [0.05, 0.1) is 6.04 Å². The summed E-state index contributed by atoms with van der Waals surface area (Å²) in [5, 5.41) is 2.60. The maximum absolute atomic E-state index is 11.5. The van der Waals surface area contributed by atoms with Crippen molar-refractivity contribution in [3.8, 4) is 0 Å². The first-order valence-electron chi connectivity index (χ1n) is 5.08. The number of likely N-dealkylation sites (N-methyl/N-ethyl adjacent to an activating group) is 1. The fourth-order valence-corrected chi connectivity index (χ4v) is 1.93. The summed E-state index contributed by atoms with van der Waals surface area (Å²) in [5.41, 5.74) is 0. The van der Waals surface area contributed by atoms with Crippen LogP contribution in [-0.4, -0.2) is 47.0 Å². The van der Waals surface area contributed by atoms with Crippen molar-refractivity contribution in [3.63, 3.8) is 0 Å². The van der Waals surface area contributed by atoms with E-state index >= 15 is 0 Å². The fourth-order valence-electron chi connectivity index (χ4n) is 1.93. The minimum absolute atomic E-state index is 0.185. The topological polar surface area (TPSA) is 66.9 Å². The van der Waals surface area contributed by atoms with Crippen molar-refractivity contribution in [2.45, 2.75) is 39.3 Å². The Hall–Kier alpha value is -1.43. The molecule has 1 saturated heterocycles. The molecule has 0 spiro atoms. The molecule has 0 saturated carbocycles. The third-order valence-electron chi connectivity index (χ3n) is 2.61. The molecule has 6 nitrogen and oxygen atoms in total. The number of nitrogens with zero attached hydrogens (tertiary/aromatic N) is 2. The fraction of sp³-hybridized carbons (Fsp3) is 0.700. The van der Waals surface area contributed by atoms with Crippen LogP contribution < -0.4 is 0 Å². The Morgan fingerprint density at radius 1 is 1.44 bits per heavy atom. The van der Waals surface area contributed by atoms with E-state index in [4.69, 9.17) is 4.74 Å². The zero-order valence-electron chi connectivity index (χ0n) is 9.89. The van der Waals surface area contributed by atoms with Gasteiger partial charge in [-0.1, -0.05) is 0 Å². The van der Waals surface area contributed by atoms with Crippen molar-refractivity contribution < 1.29 is 19.1 Å². The van der Waals surface area contributed by atoms with E-state index in [1.165, 1.54) is 18.9 Å². The summed E-state index contributed by atoms with van der Waals surface area (Å²) >= 11 is 0. The summed E-state index contributed by atoms with van der Waals surface area (Å²) in [6, 6.07) is -0.278. The number of hydrazine groups is 1. The molecule has 1 aliphatic heterocycles. The van der Waals surface area contributed by atoms with Crippen LogP contribution in [0.4, 0.5) is 0 Å². The largest absolute Gasteiger partial charge is 0.461 e. The van der Waals surface area contributed by atoms with Crippen LogP contribution in [0.15, 0.2) is 0 Å². The molecule has 6 heteroatoms. The molecule has 0 N–H and O–H groups in total. The maximum atomic E-state index is 11.5. The van der Waals surface area contributed by atoms with Crippen LogP contribution in [0, 0.1) is 0 Å². The quantitative estimate of drug-likeness (QED) is 0.619. The molecular formula is C10H16N2O4. The van der Waals surface area contributed by atoms with E-state index in [-0.39, 0.29) is 24.3 Å². The van der Waals surface area contributed by atoms with Gasteiger partial charge < -0.3 is 4.74 Å². The first-order valence-corrected chi connectivity index (χ1v) is 5.08. The average Bonchev–Trinajstić information content (AvgIpc) is 2.40. The zero-order chi connectivity index (χ0) is 12.5. The van der Waals surface area contributed by atoms with Gasteiger partial charge in [-0.3, -0.25) is 14.4 Å². The summed E-state index contributed by atoms with van der Waals surface area (Å²) in [4.78, 5) is 33.6. The van der Waals surface area contributed by atoms with E-state index in [2.05, 4.69) is 0 Å². The molecule has 2 atom stereocenters. The SMILES string of the molecule is CC(=O)O[C@@H](C)[C@H]1CC(=O)N(C(C)=O)N1C. The lowest BCUT2D eigenvalue weighted by atomic mass is 10.1. The predicted octanol–water partition coefficient (Wildman–Crippen LogP) is -0.0678. The summed E-state index contributed by atoms with van der Waals surface area (Å²) in [5.74, 6) is -0.987. The molecule has 2 amide bonds. The molecule has 16 heavy (non-hydrogen) atoms. The summed E-state index contributed by atoms with van der Waals surface area (Å²) in [6.07, 6.45) is -0.236. The Labute approximate surface area is 94.1 Å². The Morgan fingerprint density at radius 3 is 2.38 bits per heavy atom. The van der Waals surface area contributed by atoms with Crippen LogP contribution in [-0.2, 0) is 19.1 Å². The van der Waals surface area contributed by atoms with Crippen LogP contribution in [0.2, 0.25) is 0 Å². The van der Waals surface area contributed by atoms with Crippen molar-refractivity contribution in [3.05, 3.63) is 0 Å². The number of amides is 2. The summed E-state index contributed by atoms with van der Waals surface area (Å²) in [6.45, 7) is 4.35. The van der Waals surface area contributed by atoms with Crippen LogP contribution >= 0.6 is 0 Å². The van der Waals surface area contributed by atoms with Gasteiger partial charge in [0.15, 0.2) is 0 Å². The molecule has 0 aromatic rings. The van der Waals surface area contributed by atoms with Crippen LogP contribution in [0.3, 0.4) is 0 Å². The third kappa shape index (κ3) is 2.38. The third-order valence-corrected chi connectivity index (χ3v) is 2.61. The second-order valence-electron chi connectivity index (χ2n) is 3.88. The normalized spacial score (nSPS) is 23.4. The molecule has 1 aliphatic rings. The summed E-state index contributed by atoms with van der Waals surface area (Å²) < 4.78 is 5.01. The smallest absolute Gasteiger partial charge is 0.302 e. The Bertz CT molecular complexity index is 329. The van der Waals surface area contributed by atoms with Gasteiger partial charge in [-0.15, -0.1) is 0 Å². The van der Waals surface area contributed by atoms with Gasteiger partial charge in [0, 0.05) is 27.3 Å². The molecule has 0 bridgehead atoms. The Morgan fingerprint density at radius 2 is 2.00 bits per heavy atom. The Kier molecular flexibility index (Phi) is 3.64. The zero-order valence-corrected chi connectivity index (χ0v) is 9.89. The van der Waals surface area contributed by atoms with Gasteiger partial charge in [-0.05, 0) is 6.92 Å². The molecule has 1 fully saturated rings. The van der Waals surface area contributed by atoms with Crippen LogP contribution in [0.25, 0.3) is 0 Å². The van der Waals surface area contributed by atoms with Crippen LogP contribution in [0.1, 0.15) is 27.2 Å². The number of hydrogen-bond acceptors (Lipinski definition) is 5. The van der Waals surface area contributed by atoms with Crippen molar-refractivity contribution in [2.75, 3.05) is 7.05 Å². The molecule has 0 aromatic carbocycles. The maximum Gasteiger partial charge on any atom is 0.302 e. The number of hydrogen-bond donors (Lipinski definition) is 0. The van der Waals surface area contributed by atoms with E-state index in [1.54, 1.807) is 14.0 Å².